The SMILES string of the molecule is CCOCC1CCN(C(=NC)NCCc2nc(C(C)C)no2)C1. The minimum atomic E-state index is 0.292. The van der Waals surface area contributed by atoms with E-state index in [0.717, 1.165) is 51.1 Å². The number of hydrogen-bond acceptors (Lipinski definition) is 5. The van der Waals surface area contributed by atoms with Crippen molar-refractivity contribution in [2.24, 2.45) is 10.9 Å². The van der Waals surface area contributed by atoms with E-state index in [4.69, 9.17) is 9.26 Å². The van der Waals surface area contributed by atoms with E-state index in [9.17, 15) is 0 Å². The fourth-order valence-electron chi connectivity index (χ4n) is 2.66. The lowest BCUT2D eigenvalue weighted by Crippen LogP contribution is -2.41. The van der Waals surface area contributed by atoms with Crippen LogP contribution in [0.3, 0.4) is 0 Å². The molecule has 1 aliphatic rings. The second-order valence-electron chi connectivity index (χ2n) is 6.19. The Morgan fingerprint density at radius 3 is 3.00 bits per heavy atom. The summed E-state index contributed by atoms with van der Waals surface area (Å²) in [6.07, 6.45) is 1.86. The molecule has 1 atom stereocenters. The monoisotopic (exact) mass is 323 g/mol. The highest BCUT2D eigenvalue weighted by atomic mass is 16.5. The maximum absolute atomic E-state index is 5.53. The molecule has 23 heavy (non-hydrogen) atoms. The Hall–Kier alpha value is -1.63. The Morgan fingerprint density at radius 2 is 2.35 bits per heavy atom. The van der Waals surface area contributed by atoms with Gasteiger partial charge in [0.1, 0.15) is 0 Å². The van der Waals surface area contributed by atoms with E-state index in [1.807, 2.05) is 14.0 Å². The molecule has 2 rings (SSSR count). The van der Waals surface area contributed by atoms with Gasteiger partial charge < -0.3 is 19.5 Å². The van der Waals surface area contributed by atoms with Crippen LogP contribution in [-0.2, 0) is 11.2 Å². The molecule has 1 aromatic heterocycles. The molecule has 0 saturated carbocycles. The van der Waals surface area contributed by atoms with Crippen molar-refractivity contribution < 1.29 is 9.26 Å². The van der Waals surface area contributed by atoms with E-state index in [2.05, 4.69) is 39.2 Å². The number of nitrogens with zero attached hydrogens (tertiary/aromatic N) is 4. The summed E-state index contributed by atoms with van der Waals surface area (Å²) in [4.78, 5) is 11.1. The average Bonchev–Trinajstić information content (AvgIpc) is 3.19. The van der Waals surface area contributed by atoms with Crippen LogP contribution in [-0.4, -0.2) is 60.9 Å². The Kier molecular flexibility index (Phi) is 6.83. The van der Waals surface area contributed by atoms with E-state index < -0.39 is 0 Å². The molecular formula is C16H29N5O2. The number of guanidine groups is 1. The van der Waals surface area contributed by atoms with Gasteiger partial charge in [0.05, 0.1) is 6.61 Å². The molecule has 1 N–H and O–H groups in total. The van der Waals surface area contributed by atoms with Crippen LogP contribution in [0.15, 0.2) is 9.52 Å². The second-order valence-corrected chi connectivity index (χ2v) is 6.19. The predicted octanol–water partition coefficient (Wildman–Crippen LogP) is 1.67. The first-order chi connectivity index (χ1) is 11.1. The van der Waals surface area contributed by atoms with Gasteiger partial charge in [-0.2, -0.15) is 4.98 Å². The van der Waals surface area contributed by atoms with Crippen molar-refractivity contribution in [1.29, 1.82) is 0 Å². The quantitative estimate of drug-likeness (QED) is 0.608. The van der Waals surface area contributed by atoms with Gasteiger partial charge in [0, 0.05) is 51.5 Å². The molecule has 1 saturated heterocycles. The molecule has 0 spiro atoms. The number of rotatable bonds is 7. The van der Waals surface area contributed by atoms with Crippen molar-refractivity contribution in [3.05, 3.63) is 11.7 Å². The predicted molar refractivity (Wildman–Crippen MR) is 89.6 cm³/mol. The molecule has 1 aromatic rings. The molecule has 1 fully saturated rings. The van der Waals surface area contributed by atoms with E-state index in [1.54, 1.807) is 0 Å². The molecular weight excluding hydrogens is 294 g/mol. The fourth-order valence-corrected chi connectivity index (χ4v) is 2.66. The molecule has 0 aromatic carbocycles. The van der Waals surface area contributed by atoms with Crippen molar-refractivity contribution in [3.8, 4) is 0 Å². The van der Waals surface area contributed by atoms with Crippen molar-refractivity contribution >= 4 is 5.96 Å². The summed E-state index contributed by atoms with van der Waals surface area (Å²) in [5.41, 5.74) is 0. The van der Waals surface area contributed by atoms with Crippen LogP contribution in [0.25, 0.3) is 0 Å². The lowest BCUT2D eigenvalue weighted by Gasteiger charge is -2.21. The van der Waals surface area contributed by atoms with Crippen LogP contribution in [0.1, 0.15) is 44.8 Å². The number of nitrogens with one attached hydrogen (secondary N) is 1. The van der Waals surface area contributed by atoms with Gasteiger partial charge in [0.25, 0.3) is 0 Å². The molecule has 7 nitrogen and oxygen atoms in total. The van der Waals surface area contributed by atoms with Crippen LogP contribution < -0.4 is 5.32 Å². The van der Waals surface area contributed by atoms with E-state index in [0.29, 0.717) is 24.1 Å². The zero-order chi connectivity index (χ0) is 16.7. The highest BCUT2D eigenvalue weighted by Gasteiger charge is 2.24. The molecule has 0 amide bonds. The van der Waals surface area contributed by atoms with E-state index in [1.165, 1.54) is 0 Å². The van der Waals surface area contributed by atoms with Crippen LogP contribution in [0.4, 0.5) is 0 Å². The average molecular weight is 323 g/mol. The number of likely N-dealkylation sites (tertiary alicyclic amines) is 1. The van der Waals surface area contributed by atoms with Gasteiger partial charge in [-0.25, -0.2) is 0 Å². The third-order valence-electron chi connectivity index (χ3n) is 3.98. The molecule has 2 heterocycles. The largest absolute Gasteiger partial charge is 0.381 e. The minimum absolute atomic E-state index is 0.292. The third-order valence-corrected chi connectivity index (χ3v) is 3.98. The van der Waals surface area contributed by atoms with Gasteiger partial charge in [-0.1, -0.05) is 19.0 Å². The number of ether oxygens (including phenoxy) is 1. The summed E-state index contributed by atoms with van der Waals surface area (Å²) >= 11 is 0. The van der Waals surface area contributed by atoms with Crippen LogP contribution in [0, 0.1) is 5.92 Å². The summed E-state index contributed by atoms with van der Waals surface area (Å²) in [6, 6.07) is 0. The summed E-state index contributed by atoms with van der Waals surface area (Å²) in [6.45, 7) is 10.5. The Balaban J connectivity index is 1.75. The first-order valence-electron chi connectivity index (χ1n) is 8.49. The first-order valence-corrected chi connectivity index (χ1v) is 8.49. The van der Waals surface area contributed by atoms with Gasteiger partial charge in [0.2, 0.25) is 5.89 Å². The fraction of sp³-hybridized carbons (Fsp3) is 0.812. The second kappa shape index (κ2) is 8.86. The lowest BCUT2D eigenvalue weighted by molar-refractivity contribution is 0.114. The van der Waals surface area contributed by atoms with Crippen molar-refractivity contribution in [2.75, 3.05) is 39.9 Å². The van der Waals surface area contributed by atoms with Crippen molar-refractivity contribution in [3.63, 3.8) is 0 Å². The lowest BCUT2D eigenvalue weighted by atomic mass is 10.1. The molecule has 1 unspecified atom stereocenters. The summed E-state index contributed by atoms with van der Waals surface area (Å²) in [7, 11) is 1.82. The van der Waals surface area contributed by atoms with Crippen LogP contribution in [0.5, 0.6) is 0 Å². The molecule has 0 aliphatic carbocycles. The number of aliphatic imine (C=N–C) groups is 1. The van der Waals surface area contributed by atoms with Crippen molar-refractivity contribution in [2.45, 2.75) is 39.5 Å². The molecule has 7 heteroatoms. The summed E-state index contributed by atoms with van der Waals surface area (Å²) < 4.78 is 10.8. The van der Waals surface area contributed by atoms with Gasteiger partial charge in [-0.15, -0.1) is 0 Å². The maximum atomic E-state index is 5.53. The maximum Gasteiger partial charge on any atom is 0.228 e. The molecule has 0 radical (unpaired) electrons. The van der Waals surface area contributed by atoms with Gasteiger partial charge in [-0.3, -0.25) is 4.99 Å². The zero-order valence-electron chi connectivity index (χ0n) is 14.7. The van der Waals surface area contributed by atoms with Gasteiger partial charge in [0.15, 0.2) is 11.8 Å². The standard InChI is InChI=1S/C16H29N5O2/c1-5-22-11-13-7-9-21(10-13)16(17-4)18-8-6-14-19-15(12(2)3)20-23-14/h12-13H,5-11H2,1-4H3,(H,17,18). The van der Waals surface area contributed by atoms with Crippen molar-refractivity contribution in [1.82, 2.24) is 20.4 Å². The topological polar surface area (TPSA) is 75.8 Å². The highest BCUT2D eigenvalue weighted by Crippen LogP contribution is 2.16. The Labute approximate surface area is 138 Å². The minimum Gasteiger partial charge on any atom is -0.381 e. The van der Waals surface area contributed by atoms with Gasteiger partial charge in [-0.05, 0) is 13.3 Å². The van der Waals surface area contributed by atoms with Crippen LogP contribution in [0.2, 0.25) is 0 Å². The highest BCUT2D eigenvalue weighted by molar-refractivity contribution is 5.80. The van der Waals surface area contributed by atoms with Crippen LogP contribution >= 0.6 is 0 Å². The molecule has 0 bridgehead atoms. The van der Waals surface area contributed by atoms with Gasteiger partial charge >= 0.3 is 0 Å². The Morgan fingerprint density at radius 1 is 1.52 bits per heavy atom. The zero-order valence-corrected chi connectivity index (χ0v) is 14.7. The first kappa shape index (κ1) is 17.7. The Bertz CT molecular complexity index is 500. The van der Waals surface area contributed by atoms with E-state index in [-0.39, 0.29) is 0 Å². The smallest absolute Gasteiger partial charge is 0.228 e. The normalized spacial score (nSPS) is 18.9. The molecule has 1 aliphatic heterocycles. The summed E-state index contributed by atoms with van der Waals surface area (Å²) in [5.74, 6) is 3.26. The number of aromatic nitrogens is 2. The number of hydrogen-bond donors (Lipinski definition) is 1. The third kappa shape index (κ3) is 5.20. The molecule has 130 valence electrons. The summed E-state index contributed by atoms with van der Waals surface area (Å²) in [5, 5.41) is 7.36. The van der Waals surface area contributed by atoms with E-state index >= 15 is 0 Å².